The number of hydrogen-bond acceptors (Lipinski definition) is 2. The van der Waals surface area contributed by atoms with E-state index in [2.05, 4.69) is 15.9 Å². The fourth-order valence-corrected chi connectivity index (χ4v) is 2.14. The molecule has 0 aliphatic heterocycles. The van der Waals surface area contributed by atoms with E-state index in [1.54, 1.807) is 35.3 Å². The van der Waals surface area contributed by atoms with E-state index in [-0.39, 0.29) is 0 Å². The Labute approximate surface area is 98.4 Å². The van der Waals surface area contributed by atoms with Crippen LogP contribution in [0.2, 0.25) is 0 Å². The number of benzene rings is 1. The number of hydrogen-bond donors (Lipinski definition) is 0. The van der Waals surface area contributed by atoms with Crippen molar-refractivity contribution in [1.82, 2.24) is 0 Å². The molecule has 0 saturated heterocycles. The van der Waals surface area contributed by atoms with Crippen LogP contribution in [-0.4, -0.2) is 8.42 Å². The molecule has 0 N–H and O–H groups in total. The molecule has 0 radical (unpaired) electrons. The zero-order valence-electron chi connectivity index (χ0n) is 8.22. The first-order valence-electron chi connectivity index (χ1n) is 4.31. The summed E-state index contributed by atoms with van der Waals surface area (Å²) < 4.78 is 23.4. The molecule has 4 heteroatoms. The molecule has 2 nitrogen and oxygen atoms in total. The summed E-state index contributed by atoms with van der Waals surface area (Å²) in [7, 11) is -3.30. The van der Waals surface area contributed by atoms with Gasteiger partial charge < -0.3 is 0 Å². The highest BCUT2D eigenvalue weighted by molar-refractivity contribution is 9.11. The maximum Gasteiger partial charge on any atom is 0.199 e. The second-order valence-electron chi connectivity index (χ2n) is 3.01. The minimum atomic E-state index is -3.30. The van der Waals surface area contributed by atoms with Crippen LogP contribution in [0, 0.1) is 6.92 Å². The standard InChI is InChI=1S/C11H11BrO2S/c1-10-4-6-11(7-5-10)15(13,14)9-3-2-8-12/h2-9H,1H3/b8-2+,9-3+. The fraction of sp³-hybridized carbons (Fsp3) is 0.0909. The molecule has 0 aromatic heterocycles. The van der Waals surface area contributed by atoms with Crippen LogP contribution < -0.4 is 0 Å². The van der Waals surface area contributed by atoms with Crippen LogP contribution >= 0.6 is 15.9 Å². The van der Waals surface area contributed by atoms with E-state index in [4.69, 9.17) is 0 Å². The highest BCUT2D eigenvalue weighted by Gasteiger charge is 2.08. The maximum absolute atomic E-state index is 11.7. The Morgan fingerprint density at radius 2 is 1.73 bits per heavy atom. The van der Waals surface area contributed by atoms with Crippen molar-refractivity contribution in [3.8, 4) is 0 Å². The van der Waals surface area contributed by atoms with E-state index in [1.807, 2.05) is 6.92 Å². The van der Waals surface area contributed by atoms with Crippen molar-refractivity contribution in [1.29, 1.82) is 0 Å². The van der Waals surface area contributed by atoms with Crippen LogP contribution in [0.25, 0.3) is 0 Å². The lowest BCUT2D eigenvalue weighted by molar-refractivity contribution is 0.604. The lowest BCUT2D eigenvalue weighted by atomic mass is 10.2. The first kappa shape index (κ1) is 12.2. The largest absolute Gasteiger partial charge is 0.219 e. The van der Waals surface area contributed by atoms with Gasteiger partial charge in [0, 0.05) is 5.41 Å². The maximum atomic E-state index is 11.7. The Morgan fingerprint density at radius 3 is 2.27 bits per heavy atom. The lowest BCUT2D eigenvalue weighted by Gasteiger charge is -1.98. The Kier molecular flexibility index (Phi) is 4.29. The number of halogens is 1. The quantitative estimate of drug-likeness (QED) is 0.800. The molecule has 0 spiro atoms. The summed E-state index contributed by atoms with van der Waals surface area (Å²) in [6, 6.07) is 6.77. The predicted molar refractivity (Wildman–Crippen MR) is 65.6 cm³/mol. The van der Waals surface area contributed by atoms with Gasteiger partial charge in [-0.15, -0.1) is 0 Å². The molecular formula is C11H11BrO2S. The second kappa shape index (κ2) is 5.28. The highest BCUT2D eigenvalue weighted by atomic mass is 79.9. The van der Waals surface area contributed by atoms with Gasteiger partial charge in [-0.05, 0) is 24.0 Å². The van der Waals surface area contributed by atoms with Gasteiger partial charge >= 0.3 is 0 Å². The Balaban J connectivity index is 3.01. The van der Waals surface area contributed by atoms with E-state index in [9.17, 15) is 8.42 Å². The fourth-order valence-electron chi connectivity index (χ4n) is 0.997. The highest BCUT2D eigenvalue weighted by Crippen LogP contribution is 2.13. The average Bonchev–Trinajstić information content (AvgIpc) is 2.18. The van der Waals surface area contributed by atoms with Crippen molar-refractivity contribution >= 4 is 25.8 Å². The van der Waals surface area contributed by atoms with Crippen molar-refractivity contribution in [3.63, 3.8) is 0 Å². The lowest BCUT2D eigenvalue weighted by Crippen LogP contribution is -1.95. The first-order valence-corrected chi connectivity index (χ1v) is 6.77. The number of allylic oxidation sites excluding steroid dienone is 2. The van der Waals surface area contributed by atoms with Crippen molar-refractivity contribution in [2.24, 2.45) is 0 Å². The van der Waals surface area contributed by atoms with Crippen molar-refractivity contribution in [2.45, 2.75) is 11.8 Å². The first-order chi connectivity index (χ1) is 7.06. The summed E-state index contributed by atoms with van der Waals surface area (Å²) in [5.41, 5.74) is 1.04. The molecule has 0 amide bonds. The molecule has 0 bridgehead atoms. The van der Waals surface area contributed by atoms with Crippen LogP contribution in [-0.2, 0) is 9.84 Å². The van der Waals surface area contributed by atoms with Gasteiger partial charge in [0.25, 0.3) is 0 Å². The average molecular weight is 287 g/mol. The van der Waals surface area contributed by atoms with Crippen molar-refractivity contribution < 1.29 is 8.42 Å². The smallest absolute Gasteiger partial charge is 0.199 e. The molecule has 0 saturated carbocycles. The monoisotopic (exact) mass is 286 g/mol. The minimum absolute atomic E-state index is 0.312. The van der Waals surface area contributed by atoms with Crippen LogP contribution in [0.4, 0.5) is 0 Å². The molecule has 1 aromatic rings. The summed E-state index contributed by atoms with van der Waals surface area (Å²) in [5.74, 6) is 0. The molecular weight excluding hydrogens is 276 g/mol. The van der Waals surface area contributed by atoms with Gasteiger partial charge in [-0.3, -0.25) is 0 Å². The van der Waals surface area contributed by atoms with Gasteiger partial charge in [-0.1, -0.05) is 45.8 Å². The zero-order chi connectivity index (χ0) is 11.3. The van der Waals surface area contributed by atoms with Crippen LogP contribution in [0.5, 0.6) is 0 Å². The van der Waals surface area contributed by atoms with Crippen LogP contribution in [0.3, 0.4) is 0 Å². The molecule has 0 aliphatic rings. The minimum Gasteiger partial charge on any atom is -0.219 e. The van der Waals surface area contributed by atoms with Crippen LogP contribution in [0.15, 0.2) is 51.7 Å². The third-order valence-electron chi connectivity index (χ3n) is 1.79. The predicted octanol–water partition coefficient (Wildman–Crippen LogP) is 3.19. The van der Waals surface area contributed by atoms with Gasteiger partial charge in [-0.2, -0.15) is 0 Å². The number of rotatable bonds is 3. The van der Waals surface area contributed by atoms with Gasteiger partial charge in [0.05, 0.1) is 4.90 Å². The second-order valence-corrected chi connectivity index (χ2v) is 5.37. The number of aryl methyl sites for hydroxylation is 1. The third-order valence-corrected chi connectivity index (χ3v) is 3.54. The molecule has 80 valence electrons. The van der Waals surface area contributed by atoms with Crippen molar-refractivity contribution in [2.75, 3.05) is 0 Å². The van der Waals surface area contributed by atoms with E-state index < -0.39 is 9.84 Å². The van der Waals surface area contributed by atoms with E-state index in [0.717, 1.165) is 5.56 Å². The molecule has 15 heavy (non-hydrogen) atoms. The summed E-state index contributed by atoms with van der Waals surface area (Å²) in [6.07, 6.45) is 3.08. The Morgan fingerprint density at radius 1 is 1.13 bits per heavy atom. The van der Waals surface area contributed by atoms with E-state index >= 15 is 0 Å². The molecule has 1 aromatic carbocycles. The summed E-state index contributed by atoms with van der Waals surface area (Å²) in [5, 5.41) is 1.18. The zero-order valence-corrected chi connectivity index (χ0v) is 10.6. The molecule has 0 fully saturated rings. The van der Waals surface area contributed by atoms with E-state index in [0.29, 0.717) is 4.90 Å². The molecule has 0 atom stereocenters. The third kappa shape index (κ3) is 3.64. The van der Waals surface area contributed by atoms with Crippen molar-refractivity contribution in [3.05, 3.63) is 52.4 Å². The Hall–Kier alpha value is -0.870. The van der Waals surface area contributed by atoms with Gasteiger partial charge in [0.15, 0.2) is 9.84 Å². The SMILES string of the molecule is Cc1ccc(S(=O)(=O)/C=C/C=C/Br)cc1. The normalized spacial score (nSPS) is 12.7. The Bertz CT molecular complexity index is 470. The topological polar surface area (TPSA) is 34.1 Å². The summed E-state index contributed by atoms with van der Waals surface area (Å²) >= 11 is 3.06. The van der Waals surface area contributed by atoms with E-state index in [1.165, 1.54) is 11.5 Å². The van der Waals surface area contributed by atoms with Gasteiger partial charge in [0.1, 0.15) is 0 Å². The number of sulfone groups is 1. The van der Waals surface area contributed by atoms with Gasteiger partial charge in [-0.25, -0.2) is 8.42 Å². The summed E-state index contributed by atoms with van der Waals surface area (Å²) in [6.45, 7) is 1.92. The van der Waals surface area contributed by atoms with Gasteiger partial charge in [0.2, 0.25) is 0 Å². The van der Waals surface area contributed by atoms with Crippen LogP contribution in [0.1, 0.15) is 5.56 Å². The molecule has 0 unspecified atom stereocenters. The molecule has 1 rings (SSSR count). The molecule has 0 heterocycles. The molecule has 0 aliphatic carbocycles. The summed E-state index contributed by atoms with van der Waals surface area (Å²) in [4.78, 5) is 1.90.